The largest absolute Gasteiger partial charge is 0.480 e. The molecular formula is C12H18N2O4S. The van der Waals surface area contributed by atoms with Crippen LogP contribution in [0.4, 0.5) is 0 Å². The monoisotopic (exact) mass is 286 g/mol. The Hall–Kier alpha value is -1.47. The van der Waals surface area contributed by atoms with Crippen LogP contribution >= 0.6 is 11.3 Å². The zero-order valence-electron chi connectivity index (χ0n) is 11.4. The Morgan fingerprint density at radius 1 is 1.53 bits per heavy atom. The fourth-order valence-corrected chi connectivity index (χ4v) is 2.18. The van der Waals surface area contributed by atoms with E-state index in [1.165, 1.54) is 18.4 Å². The molecule has 0 saturated heterocycles. The maximum Gasteiger partial charge on any atom is 0.328 e. The fourth-order valence-electron chi connectivity index (χ4n) is 1.30. The summed E-state index contributed by atoms with van der Waals surface area (Å²) in [6, 6.07) is -1.07. The van der Waals surface area contributed by atoms with E-state index < -0.39 is 17.9 Å². The van der Waals surface area contributed by atoms with Crippen molar-refractivity contribution in [3.63, 3.8) is 0 Å². The first-order valence-corrected chi connectivity index (χ1v) is 6.62. The predicted octanol–water partition coefficient (Wildman–Crippen LogP) is 1.27. The quantitative estimate of drug-likeness (QED) is 0.851. The highest BCUT2D eigenvalue weighted by Gasteiger charge is 2.24. The summed E-state index contributed by atoms with van der Waals surface area (Å²) in [5, 5.41) is 13.8. The van der Waals surface area contributed by atoms with Crippen LogP contribution in [0.15, 0.2) is 5.38 Å². The molecule has 0 aliphatic carbocycles. The predicted molar refractivity (Wildman–Crippen MR) is 71.6 cm³/mol. The van der Waals surface area contributed by atoms with Gasteiger partial charge in [-0.25, -0.2) is 9.78 Å². The number of hydrogen-bond donors (Lipinski definition) is 2. The van der Waals surface area contributed by atoms with Crippen molar-refractivity contribution in [3.05, 3.63) is 16.1 Å². The second-order valence-corrected chi connectivity index (χ2v) is 5.97. The van der Waals surface area contributed by atoms with E-state index in [1.54, 1.807) is 5.38 Å². The van der Waals surface area contributed by atoms with Gasteiger partial charge < -0.3 is 15.2 Å². The summed E-state index contributed by atoms with van der Waals surface area (Å²) in [5.74, 6) is -1.64. The van der Waals surface area contributed by atoms with Crippen LogP contribution in [-0.4, -0.2) is 41.7 Å². The van der Waals surface area contributed by atoms with Gasteiger partial charge in [0.1, 0.15) is 5.69 Å². The number of carbonyl (C=O) groups is 2. The number of methoxy groups -OCH3 is 1. The van der Waals surface area contributed by atoms with Crippen LogP contribution in [0.2, 0.25) is 0 Å². The lowest BCUT2D eigenvalue weighted by molar-refractivity contribution is -0.140. The molecule has 6 nitrogen and oxygen atoms in total. The van der Waals surface area contributed by atoms with Gasteiger partial charge in [0.05, 0.1) is 11.6 Å². The van der Waals surface area contributed by atoms with Crippen molar-refractivity contribution in [2.24, 2.45) is 0 Å². The molecule has 1 aromatic rings. The van der Waals surface area contributed by atoms with Crippen LogP contribution in [0.1, 0.15) is 36.3 Å². The van der Waals surface area contributed by atoms with Gasteiger partial charge in [0.15, 0.2) is 6.04 Å². The van der Waals surface area contributed by atoms with E-state index in [0.29, 0.717) is 0 Å². The molecular weight excluding hydrogens is 268 g/mol. The number of thiazole rings is 1. The molecule has 0 spiro atoms. The van der Waals surface area contributed by atoms with Crippen molar-refractivity contribution in [2.45, 2.75) is 32.2 Å². The standard InChI is InChI=1S/C12H18N2O4S/c1-12(2,3)11-14-8(6-19-11)9(15)13-7(5-18-4)10(16)17/h6-7H,5H2,1-4H3,(H,13,15)(H,16,17). The van der Waals surface area contributed by atoms with Gasteiger partial charge in [-0.2, -0.15) is 0 Å². The third-order valence-corrected chi connectivity index (χ3v) is 3.58. The van der Waals surface area contributed by atoms with Crippen LogP contribution in [-0.2, 0) is 14.9 Å². The minimum atomic E-state index is -1.14. The highest BCUT2D eigenvalue weighted by Crippen LogP contribution is 2.25. The Kier molecular flexibility index (Phi) is 5.02. The molecule has 1 heterocycles. The molecule has 19 heavy (non-hydrogen) atoms. The molecule has 0 radical (unpaired) electrons. The highest BCUT2D eigenvalue weighted by atomic mass is 32.1. The Morgan fingerprint density at radius 3 is 2.58 bits per heavy atom. The number of aromatic nitrogens is 1. The average Bonchev–Trinajstić information content (AvgIpc) is 2.76. The molecule has 0 saturated carbocycles. The maximum atomic E-state index is 11.9. The number of nitrogens with zero attached hydrogens (tertiary/aromatic N) is 1. The Bertz CT molecular complexity index is 465. The molecule has 1 unspecified atom stereocenters. The van der Waals surface area contributed by atoms with Gasteiger partial charge in [0.25, 0.3) is 5.91 Å². The first-order valence-electron chi connectivity index (χ1n) is 5.74. The van der Waals surface area contributed by atoms with Crippen molar-refractivity contribution < 1.29 is 19.4 Å². The topological polar surface area (TPSA) is 88.5 Å². The van der Waals surface area contributed by atoms with Crippen molar-refractivity contribution in [1.82, 2.24) is 10.3 Å². The number of amides is 1. The Labute approximate surface area is 115 Å². The van der Waals surface area contributed by atoms with Crippen LogP contribution in [0.5, 0.6) is 0 Å². The van der Waals surface area contributed by atoms with E-state index in [9.17, 15) is 9.59 Å². The lowest BCUT2D eigenvalue weighted by Crippen LogP contribution is -2.43. The van der Waals surface area contributed by atoms with Gasteiger partial charge in [0, 0.05) is 17.9 Å². The number of nitrogens with one attached hydrogen (secondary N) is 1. The van der Waals surface area contributed by atoms with Gasteiger partial charge in [0.2, 0.25) is 0 Å². The Balaban J connectivity index is 2.78. The maximum absolute atomic E-state index is 11.9. The molecule has 0 aliphatic rings. The molecule has 1 rings (SSSR count). The molecule has 2 N–H and O–H groups in total. The van der Waals surface area contributed by atoms with E-state index >= 15 is 0 Å². The molecule has 1 aromatic heterocycles. The summed E-state index contributed by atoms with van der Waals surface area (Å²) in [7, 11) is 1.38. The van der Waals surface area contributed by atoms with Gasteiger partial charge in [-0.3, -0.25) is 4.79 Å². The molecule has 106 valence electrons. The van der Waals surface area contributed by atoms with Crippen LogP contribution in [0.3, 0.4) is 0 Å². The first kappa shape index (κ1) is 15.6. The number of carbonyl (C=O) groups excluding carboxylic acids is 1. The number of ether oxygens (including phenoxy) is 1. The highest BCUT2D eigenvalue weighted by molar-refractivity contribution is 7.10. The van der Waals surface area contributed by atoms with E-state index in [1.807, 2.05) is 20.8 Å². The lowest BCUT2D eigenvalue weighted by Gasteiger charge is -2.14. The van der Waals surface area contributed by atoms with Crippen LogP contribution in [0, 0.1) is 0 Å². The summed E-state index contributed by atoms with van der Waals surface area (Å²) in [6.07, 6.45) is 0. The third kappa shape index (κ3) is 4.29. The molecule has 0 fully saturated rings. The normalized spacial score (nSPS) is 13.1. The van der Waals surface area contributed by atoms with Gasteiger partial charge in [-0.15, -0.1) is 11.3 Å². The van der Waals surface area contributed by atoms with E-state index in [0.717, 1.165) is 5.01 Å². The zero-order chi connectivity index (χ0) is 14.6. The van der Waals surface area contributed by atoms with E-state index in [4.69, 9.17) is 9.84 Å². The van der Waals surface area contributed by atoms with Crippen molar-refractivity contribution in [1.29, 1.82) is 0 Å². The van der Waals surface area contributed by atoms with Crippen LogP contribution in [0.25, 0.3) is 0 Å². The minimum Gasteiger partial charge on any atom is -0.480 e. The smallest absolute Gasteiger partial charge is 0.328 e. The minimum absolute atomic E-state index is 0.0860. The van der Waals surface area contributed by atoms with Gasteiger partial charge in [-0.05, 0) is 0 Å². The number of carboxylic acid groups (broad SMARTS) is 1. The lowest BCUT2D eigenvalue weighted by atomic mass is 9.98. The number of rotatable bonds is 5. The molecule has 0 aromatic carbocycles. The summed E-state index contributed by atoms with van der Waals surface area (Å²) >= 11 is 1.38. The van der Waals surface area contributed by atoms with Crippen molar-refractivity contribution >= 4 is 23.2 Å². The average molecular weight is 286 g/mol. The summed E-state index contributed by atoms with van der Waals surface area (Å²) in [5.41, 5.74) is 0.0966. The molecule has 7 heteroatoms. The summed E-state index contributed by atoms with van der Waals surface area (Å²) < 4.78 is 4.75. The number of carboxylic acids is 1. The van der Waals surface area contributed by atoms with Gasteiger partial charge in [-0.1, -0.05) is 20.8 Å². The first-order chi connectivity index (χ1) is 8.75. The summed E-state index contributed by atoms with van der Waals surface area (Å²) in [6.45, 7) is 5.91. The molecule has 0 bridgehead atoms. The number of aliphatic carboxylic acids is 1. The molecule has 0 aliphatic heterocycles. The Morgan fingerprint density at radius 2 is 2.16 bits per heavy atom. The van der Waals surface area contributed by atoms with Crippen molar-refractivity contribution in [2.75, 3.05) is 13.7 Å². The van der Waals surface area contributed by atoms with Crippen LogP contribution < -0.4 is 5.32 Å². The number of hydrogen-bond acceptors (Lipinski definition) is 5. The second kappa shape index (κ2) is 6.12. The molecule has 1 atom stereocenters. The zero-order valence-corrected chi connectivity index (χ0v) is 12.2. The molecule has 1 amide bonds. The summed E-state index contributed by atoms with van der Waals surface area (Å²) in [4.78, 5) is 27.0. The SMILES string of the molecule is COCC(NC(=O)c1csc(C(C)(C)C)n1)C(=O)O. The fraction of sp³-hybridized carbons (Fsp3) is 0.583. The van der Waals surface area contributed by atoms with Gasteiger partial charge >= 0.3 is 5.97 Å². The van der Waals surface area contributed by atoms with Crippen molar-refractivity contribution in [3.8, 4) is 0 Å². The third-order valence-electron chi connectivity index (χ3n) is 2.32. The second-order valence-electron chi connectivity index (χ2n) is 5.11. The van der Waals surface area contributed by atoms with E-state index in [-0.39, 0.29) is 17.7 Å². The van der Waals surface area contributed by atoms with E-state index in [2.05, 4.69) is 10.3 Å².